The van der Waals surface area contributed by atoms with Crippen LogP contribution in [0.5, 0.6) is 0 Å². The highest BCUT2D eigenvalue weighted by Gasteiger charge is 2.31. The fraction of sp³-hybridized carbons (Fsp3) is 0.640. The van der Waals surface area contributed by atoms with Crippen molar-refractivity contribution in [2.75, 3.05) is 50.7 Å². The normalized spacial score (nSPS) is 21.1. The molecule has 0 spiro atoms. The molecule has 0 atom stereocenters. The van der Waals surface area contributed by atoms with Crippen molar-refractivity contribution in [2.45, 2.75) is 50.5 Å². The van der Waals surface area contributed by atoms with Gasteiger partial charge in [0.1, 0.15) is 5.82 Å². The van der Waals surface area contributed by atoms with Gasteiger partial charge in [-0.15, -0.1) is 0 Å². The fourth-order valence-corrected chi connectivity index (χ4v) is 5.78. The smallest absolute Gasteiger partial charge is 0.345 e. The highest BCUT2D eigenvalue weighted by atomic mass is 16.2. The number of piperidine rings is 1. The molecule has 8 heteroatoms. The number of benzene rings is 1. The summed E-state index contributed by atoms with van der Waals surface area (Å²) in [6, 6.07) is 10.7. The third-order valence-corrected chi connectivity index (χ3v) is 7.74. The number of hydrogen-bond donors (Lipinski definition) is 0. The van der Waals surface area contributed by atoms with Gasteiger partial charge < -0.3 is 9.80 Å². The standard InChI is InChI=1S/C25H36N6O2/c1-27-25(33)31(22-9-5-6-10-22)24(26-27)20-11-13-28(14-12-20)19-23(32)30-17-15-29(16-18-30)21-7-3-2-4-8-21/h2-4,7-8,20,22H,5-6,9-19H2,1H3. The Morgan fingerprint density at radius 2 is 1.61 bits per heavy atom. The summed E-state index contributed by atoms with van der Waals surface area (Å²) in [5.41, 5.74) is 1.27. The van der Waals surface area contributed by atoms with Crippen LogP contribution >= 0.6 is 0 Å². The van der Waals surface area contributed by atoms with Crippen LogP contribution in [-0.4, -0.2) is 75.9 Å². The van der Waals surface area contributed by atoms with E-state index in [4.69, 9.17) is 0 Å². The van der Waals surface area contributed by atoms with Crippen molar-refractivity contribution in [3.8, 4) is 0 Å². The Balaban J connectivity index is 1.13. The number of piperazine rings is 1. The molecule has 1 aromatic carbocycles. The maximum Gasteiger partial charge on any atom is 0.345 e. The van der Waals surface area contributed by atoms with E-state index in [-0.39, 0.29) is 11.6 Å². The third kappa shape index (κ3) is 4.71. The number of carbonyl (C=O) groups excluding carboxylic acids is 1. The summed E-state index contributed by atoms with van der Waals surface area (Å²) in [7, 11) is 1.77. The average molecular weight is 453 g/mol. The molecule has 1 aliphatic carbocycles. The zero-order chi connectivity index (χ0) is 22.8. The van der Waals surface area contributed by atoms with Crippen molar-refractivity contribution in [1.29, 1.82) is 0 Å². The molecule has 3 aliphatic rings. The van der Waals surface area contributed by atoms with Crippen LogP contribution in [0.3, 0.4) is 0 Å². The maximum absolute atomic E-state index is 12.9. The molecule has 3 heterocycles. The van der Waals surface area contributed by atoms with E-state index in [1.165, 1.54) is 23.2 Å². The van der Waals surface area contributed by atoms with Gasteiger partial charge >= 0.3 is 5.69 Å². The number of para-hydroxylation sites is 1. The van der Waals surface area contributed by atoms with Crippen LogP contribution in [0.1, 0.15) is 56.3 Å². The molecule has 0 unspecified atom stereocenters. The molecule has 1 aromatic heterocycles. The van der Waals surface area contributed by atoms with Crippen molar-refractivity contribution < 1.29 is 4.79 Å². The van der Waals surface area contributed by atoms with Crippen molar-refractivity contribution in [1.82, 2.24) is 24.1 Å². The van der Waals surface area contributed by atoms with Crippen molar-refractivity contribution in [3.05, 3.63) is 46.6 Å². The number of hydrogen-bond acceptors (Lipinski definition) is 5. The lowest BCUT2D eigenvalue weighted by atomic mass is 9.95. The molecule has 0 N–H and O–H groups in total. The Kier molecular flexibility index (Phi) is 6.53. The highest BCUT2D eigenvalue weighted by Crippen LogP contribution is 2.33. The Morgan fingerprint density at radius 3 is 2.27 bits per heavy atom. The summed E-state index contributed by atoms with van der Waals surface area (Å²) in [5.74, 6) is 1.51. The summed E-state index contributed by atoms with van der Waals surface area (Å²) in [5, 5.41) is 4.64. The first kappa shape index (κ1) is 22.2. The lowest BCUT2D eigenvalue weighted by Crippen LogP contribution is -2.52. The number of amides is 1. The van der Waals surface area contributed by atoms with Crippen LogP contribution in [0.15, 0.2) is 35.1 Å². The first-order valence-electron chi connectivity index (χ1n) is 12.6. The number of aryl methyl sites for hydroxylation is 1. The van der Waals surface area contributed by atoms with Gasteiger partial charge in [0.15, 0.2) is 0 Å². The minimum absolute atomic E-state index is 0.0316. The zero-order valence-corrected chi connectivity index (χ0v) is 19.7. The Bertz CT molecular complexity index is 994. The van der Waals surface area contributed by atoms with Crippen LogP contribution in [0.4, 0.5) is 5.69 Å². The molecule has 0 radical (unpaired) electrons. The van der Waals surface area contributed by atoms with E-state index < -0.39 is 0 Å². The molecule has 2 aliphatic heterocycles. The van der Waals surface area contributed by atoms with Crippen molar-refractivity contribution in [2.24, 2.45) is 7.05 Å². The number of aromatic nitrogens is 3. The van der Waals surface area contributed by atoms with Crippen molar-refractivity contribution >= 4 is 11.6 Å². The lowest BCUT2D eigenvalue weighted by molar-refractivity contribution is -0.133. The van der Waals surface area contributed by atoms with Crippen LogP contribution in [0.2, 0.25) is 0 Å². The van der Waals surface area contributed by atoms with Gasteiger partial charge in [0.05, 0.1) is 6.54 Å². The molecule has 5 rings (SSSR count). The Morgan fingerprint density at radius 1 is 0.939 bits per heavy atom. The number of likely N-dealkylation sites (tertiary alicyclic amines) is 1. The summed E-state index contributed by atoms with van der Waals surface area (Å²) < 4.78 is 3.50. The fourth-order valence-electron chi connectivity index (χ4n) is 5.78. The largest absolute Gasteiger partial charge is 0.368 e. The molecular weight excluding hydrogens is 416 g/mol. The van der Waals surface area contributed by atoms with Gasteiger partial charge in [-0.05, 0) is 50.9 Å². The second kappa shape index (κ2) is 9.71. The summed E-state index contributed by atoms with van der Waals surface area (Å²) in [6.07, 6.45) is 6.49. The summed E-state index contributed by atoms with van der Waals surface area (Å²) in [6.45, 7) is 5.60. The predicted molar refractivity (Wildman–Crippen MR) is 129 cm³/mol. The van der Waals surface area contributed by atoms with Crippen LogP contribution in [0, 0.1) is 0 Å². The number of nitrogens with zero attached hydrogens (tertiary/aromatic N) is 6. The predicted octanol–water partition coefficient (Wildman–Crippen LogP) is 2.23. The molecule has 3 fully saturated rings. The SMILES string of the molecule is Cn1nc(C2CCN(CC(=O)N3CCN(c4ccccc4)CC3)CC2)n(C2CCCC2)c1=O. The van der Waals surface area contributed by atoms with E-state index >= 15 is 0 Å². The summed E-state index contributed by atoms with van der Waals surface area (Å²) >= 11 is 0. The van der Waals surface area contributed by atoms with E-state index in [0.29, 0.717) is 18.5 Å². The highest BCUT2D eigenvalue weighted by molar-refractivity contribution is 5.78. The van der Waals surface area contributed by atoms with E-state index in [2.05, 4.69) is 39.2 Å². The van der Waals surface area contributed by atoms with E-state index in [1.807, 2.05) is 15.5 Å². The van der Waals surface area contributed by atoms with Crippen LogP contribution in [-0.2, 0) is 11.8 Å². The third-order valence-electron chi connectivity index (χ3n) is 7.74. The van der Waals surface area contributed by atoms with Gasteiger partial charge in [-0.1, -0.05) is 31.0 Å². The zero-order valence-electron chi connectivity index (χ0n) is 19.7. The number of anilines is 1. The van der Waals surface area contributed by atoms with Crippen LogP contribution < -0.4 is 10.6 Å². The lowest BCUT2D eigenvalue weighted by Gasteiger charge is -2.38. The van der Waals surface area contributed by atoms with Gasteiger partial charge in [-0.2, -0.15) is 5.10 Å². The van der Waals surface area contributed by atoms with Gasteiger partial charge in [-0.25, -0.2) is 9.48 Å². The maximum atomic E-state index is 12.9. The molecule has 1 amide bonds. The molecule has 2 aromatic rings. The second-order valence-electron chi connectivity index (χ2n) is 9.83. The number of rotatable bonds is 5. The van der Waals surface area contributed by atoms with E-state index in [0.717, 1.165) is 70.8 Å². The monoisotopic (exact) mass is 452 g/mol. The first-order chi connectivity index (χ1) is 16.1. The van der Waals surface area contributed by atoms with Gasteiger partial charge in [0.25, 0.3) is 0 Å². The topological polar surface area (TPSA) is 66.6 Å². The molecule has 2 saturated heterocycles. The molecule has 178 valence electrons. The second-order valence-corrected chi connectivity index (χ2v) is 9.83. The molecule has 8 nitrogen and oxygen atoms in total. The Hall–Kier alpha value is -2.61. The van der Waals surface area contributed by atoms with Gasteiger partial charge in [-0.3, -0.25) is 14.3 Å². The number of carbonyl (C=O) groups is 1. The minimum atomic E-state index is 0.0316. The minimum Gasteiger partial charge on any atom is -0.368 e. The molecule has 0 bridgehead atoms. The van der Waals surface area contributed by atoms with Crippen LogP contribution in [0.25, 0.3) is 0 Å². The van der Waals surface area contributed by atoms with E-state index in [1.54, 1.807) is 7.05 Å². The van der Waals surface area contributed by atoms with Gasteiger partial charge in [0, 0.05) is 50.9 Å². The quantitative estimate of drug-likeness (QED) is 0.696. The van der Waals surface area contributed by atoms with Gasteiger partial charge in [0.2, 0.25) is 5.91 Å². The molecule has 33 heavy (non-hydrogen) atoms. The summed E-state index contributed by atoms with van der Waals surface area (Å²) in [4.78, 5) is 32.3. The van der Waals surface area contributed by atoms with Crippen molar-refractivity contribution in [3.63, 3.8) is 0 Å². The molecular formula is C25H36N6O2. The van der Waals surface area contributed by atoms with E-state index in [9.17, 15) is 9.59 Å². The average Bonchev–Trinajstić information content (AvgIpc) is 3.48. The Labute approximate surface area is 195 Å². The molecule has 1 saturated carbocycles. The first-order valence-corrected chi connectivity index (χ1v) is 12.6.